The summed E-state index contributed by atoms with van der Waals surface area (Å²) in [6.45, 7) is 6.27. The van der Waals surface area contributed by atoms with E-state index in [-0.39, 0.29) is 11.9 Å². The predicted molar refractivity (Wildman–Crippen MR) is 209 cm³/mol. The first-order valence-electron chi connectivity index (χ1n) is 19.9. The van der Waals surface area contributed by atoms with E-state index in [2.05, 4.69) is 108 Å². The zero-order valence-electron chi connectivity index (χ0n) is 31.9. The fraction of sp³-hybridized carbons (Fsp3) is 0.727. The summed E-state index contributed by atoms with van der Waals surface area (Å²) in [5, 5.41) is 0. The summed E-state index contributed by atoms with van der Waals surface area (Å²) >= 11 is 0. The maximum absolute atomic E-state index is 6.73. The third-order valence-electron chi connectivity index (χ3n) is 8.95. The topological polar surface area (TPSA) is 18.5 Å². The van der Waals surface area contributed by atoms with Crippen LogP contribution >= 0.6 is 0 Å². The van der Waals surface area contributed by atoms with Gasteiger partial charge in [-0.1, -0.05) is 138 Å². The number of hydrogen-bond acceptors (Lipinski definition) is 2. The molecular weight excluding hydrogens is 574 g/mol. The van der Waals surface area contributed by atoms with Crippen LogP contribution in [0, 0.1) is 0 Å². The lowest BCUT2D eigenvalue weighted by molar-refractivity contribution is -0.870. The van der Waals surface area contributed by atoms with Gasteiger partial charge in [-0.15, -0.1) is 0 Å². The van der Waals surface area contributed by atoms with Crippen molar-refractivity contribution in [2.75, 3.05) is 34.3 Å². The monoisotopic (exact) mass is 653 g/mol. The molecular formula is C44H78NO2+. The smallest absolute Gasteiger partial charge is 0.168 e. The van der Waals surface area contributed by atoms with Gasteiger partial charge in [0.25, 0.3) is 0 Å². The van der Waals surface area contributed by atoms with Crippen LogP contribution in [0.4, 0.5) is 0 Å². The standard InChI is InChI=1S/C44H78NO2/c1-6-8-10-12-14-16-18-20-22-24-26-28-30-32-34-36-39-44(46-42-43(47-44)38-41-45(3,4)5)40-37-35-33-31-29-27-25-23-21-19-17-15-13-11-9-7-2/h8-11,14-17,20-23,43H,6-7,12-13,18-19,24-42H2,1-5H3/q+1/b10-8-,11-9-,16-14-,17-15-,22-20-,23-21-. The summed E-state index contributed by atoms with van der Waals surface area (Å²) in [6.07, 6.45) is 55.6. The minimum atomic E-state index is -0.327. The summed E-state index contributed by atoms with van der Waals surface area (Å²) in [4.78, 5) is 0. The molecule has 0 amide bonds. The number of nitrogens with zero attached hydrogens (tertiary/aromatic N) is 1. The normalized spacial score (nSPS) is 17.4. The first kappa shape index (κ1) is 43.3. The van der Waals surface area contributed by atoms with Gasteiger partial charge in [0.15, 0.2) is 5.79 Å². The molecule has 1 unspecified atom stereocenters. The number of quaternary nitrogens is 1. The molecule has 3 heteroatoms. The molecule has 0 aromatic rings. The van der Waals surface area contributed by atoms with Gasteiger partial charge in [0.1, 0.15) is 0 Å². The average Bonchev–Trinajstić information content (AvgIpc) is 3.46. The van der Waals surface area contributed by atoms with Crippen LogP contribution in [0.5, 0.6) is 0 Å². The highest BCUT2D eigenvalue weighted by Crippen LogP contribution is 2.35. The van der Waals surface area contributed by atoms with Gasteiger partial charge in [-0.25, -0.2) is 0 Å². The number of allylic oxidation sites excluding steroid dienone is 12. The van der Waals surface area contributed by atoms with Crippen molar-refractivity contribution in [1.82, 2.24) is 0 Å². The van der Waals surface area contributed by atoms with Crippen molar-refractivity contribution in [3.8, 4) is 0 Å². The maximum Gasteiger partial charge on any atom is 0.168 e. The van der Waals surface area contributed by atoms with E-state index >= 15 is 0 Å². The van der Waals surface area contributed by atoms with Gasteiger partial charge in [-0.05, 0) is 77.0 Å². The Hall–Kier alpha value is -1.68. The molecule has 47 heavy (non-hydrogen) atoms. The minimum Gasteiger partial charge on any atom is -0.347 e. The summed E-state index contributed by atoms with van der Waals surface area (Å²) in [5.74, 6) is -0.327. The van der Waals surface area contributed by atoms with Crippen molar-refractivity contribution in [1.29, 1.82) is 0 Å². The molecule has 0 aromatic heterocycles. The van der Waals surface area contributed by atoms with Crippen LogP contribution in [0.15, 0.2) is 72.9 Å². The second-order valence-corrected chi connectivity index (χ2v) is 14.7. The van der Waals surface area contributed by atoms with Gasteiger partial charge < -0.3 is 14.0 Å². The minimum absolute atomic E-state index is 0.259. The number of unbranched alkanes of at least 4 members (excludes halogenated alkanes) is 12. The van der Waals surface area contributed by atoms with E-state index in [9.17, 15) is 0 Å². The Kier molecular flexibility index (Phi) is 28.0. The van der Waals surface area contributed by atoms with E-state index in [0.29, 0.717) is 0 Å². The fourth-order valence-corrected chi connectivity index (χ4v) is 6.06. The van der Waals surface area contributed by atoms with E-state index < -0.39 is 0 Å². The van der Waals surface area contributed by atoms with Crippen molar-refractivity contribution < 1.29 is 14.0 Å². The Balaban J connectivity index is 2.22. The lowest BCUT2D eigenvalue weighted by atomic mass is 9.98. The second kappa shape index (κ2) is 30.4. The first-order valence-corrected chi connectivity index (χ1v) is 19.9. The number of hydrogen-bond donors (Lipinski definition) is 0. The molecule has 3 nitrogen and oxygen atoms in total. The highest BCUT2D eigenvalue weighted by molar-refractivity contribution is 4.98. The summed E-state index contributed by atoms with van der Waals surface area (Å²) < 4.78 is 14.2. The Morgan fingerprint density at radius 1 is 0.511 bits per heavy atom. The van der Waals surface area contributed by atoms with Crippen molar-refractivity contribution in [3.05, 3.63) is 72.9 Å². The molecule has 0 aliphatic carbocycles. The summed E-state index contributed by atoms with van der Waals surface area (Å²) in [7, 11) is 6.81. The maximum atomic E-state index is 6.73. The van der Waals surface area contributed by atoms with E-state index in [4.69, 9.17) is 9.47 Å². The Morgan fingerprint density at radius 2 is 0.894 bits per heavy atom. The molecule has 1 heterocycles. The molecule has 0 saturated carbocycles. The van der Waals surface area contributed by atoms with Gasteiger partial charge in [-0.2, -0.15) is 0 Å². The summed E-state index contributed by atoms with van der Waals surface area (Å²) in [5.41, 5.74) is 0. The SMILES string of the molecule is CC/C=C\C/C=C\C/C=C\CCCCCCCCC1(CCCCCCCC/C=C\C/C=C\C/C=C\CC)OCC(CC[N+](C)(C)C)O1. The summed E-state index contributed by atoms with van der Waals surface area (Å²) in [6, 6.07) is 0. The molecule has 0 bridgehead atoms. The molecule has 0 radical (unpaired) electrons. The van der Waals surface area contributed by atoms with Crippen LogP contribution in [-0.2, 0) is 9.47 Å². The van der Waals surface area contributed by atoms with Crippen LogP contribution in [0.2, 0.25) is 0 Å². The molecule has 1 aliphatic heterocycles. The third kappa shape index (κ3) is 27.9. The Morgan fingerprint density at radius 3 is 1.32 bits per heavy atom. The Bertz CT molecular complexity index is 818. The molecule has 1 saturated heterocycles. The molecule has 270 valence electrons. The first-order chi connectivity index (χ1) is 22.9. The van der Waals surface area contributed by atoms with Crippen LogP contribution in [0.1, 0.15) is 162 Å². The van der Waals surface area contributed by atoms with Crippen molar-refractivity contribution in [2.24, 2.45) is 0 Å². The molecule has 1 atom stereocenters. The molecule has 0 spiro atoms. The van der Waals surface area contributed by atoms with Gasteiger partial charge in [-0.3, -0.25) is 0 Å². The van der Waals surface area contributed by atoms with Crippen LogP contribution < -0.4 is 0 Å². The molecule has 0 aromatic carbocycles. The van der Waals surface area contributed by atoms with Crippen LogP contribution in [0.3, 0.4) is 0 Å². The van der Waals surface area contributed by atoms with Gasteiger partial charge in [0, 0.05) is 19.3 Å². The van der Waals surface area contributed by atoms with Crippen LogP contribution in [0.25, 0.3) is 0 Å². The quantitative estimate of drug-likeness (QED) is 0.0421. The number of ether oxygens (including phenoxy) is 2. The fourth-order valence-electron chi connectivity index (χ4n) is 6.06. The van der Waals surface area contributed by atoms with E-state index in [1.165, 1.54) is 89.9 Å². The molecule has 1 aliphatic rings. The predicted octanol–water partition coefficient (Wildman–Crippen LogP) is 13.2. The second-order valence-electron chi connectivity index (χ2n) is 14.7. The highest BCUT2D eigenvalue weighted by Gasteiger charge is 2.40. The lowest BCUT2D eigenvalue weighted by Gasteiger charge is -2.29. The number of rotatable bonds is 31. The van der Waals surface area contributed by atoms with E-state index in [1.54, 1.807) is 0 Å². The van der Waals surface area contributed by atoms with Crippen LogP contribution in [-0.4, -0.2) is 50.7 Å². The van der Waals surface area contributed by atoms with Crippen molar-refractivity contribution in [2.45, 2.75) is 173 Å². The van der Waals surface area contributed by atoms with Crippen molar-refractivity contribution in [3.63, 3.8) is 0 Å². The van der Waals surface area contributed by atoms with E-state index in [0.717, 1.165) is 75.4 Å². The lowest BCUT2D eigenvalue weighted by Crippen LogP contribution is -2.38. The van der Waals surface area contributed by atoms with Gasteiger partial charge >= 0.3 is 0 Å². The molecule has 1 fully saturated rings. The molecule has 0 N–H and O–H groups in total. The zero-order valence-corrected chi connectivity index (χ0v) is 31.9. The largest absolute Gasteiger partial charge is 0.347 e. The Labute approximate surface area is 293 Å². The highest BCUT2D eigenvalue weighted by atomic mass is 16.7. The average molecular weight is 653 g/mol. The van der Waals surface area contributed by atoms with Gasteiger partial charge in [0.05, 0.1) is 40.4 Å². The van der Waals surface area contributed by atoms with E-state index in [1.807, 2.05) is 0 Å². The third-order valence-corrected chi connectivity index (χ3v) is 8.95. The van der Waals surface area contributed by atoms with Gasteiger partial charge in [0.2, 0.25) is 0 Å². The van der Waals surface area contributed by atoms with Crippen molar-refractivity contribution >= 4 is 0 Å². The zero-order chi connectivity index (χ0) is 34.2. The molecule has 1 rings (SSSR count).